The Bertz CT molecular complexity index is 1080. The highest BCUT2D eigenvalue weighted by Gasteiger charge is 2.14. The Morgan fingerprint density at radius 1 is 1.15 bits per heavy atom. The van der Waals surface area contributed by atoms with Gasteiger partial charge in [0.15, 0.2) is 0 Å². The molecule has 0 aliphatic heterocycles. The SMILES string of the molecule is Cc1c(Cl)cccc1NC(=O)/C(C#N)=C/c1c(O)ccc2ccccc12. The zero-order valence-corrected chi connectivity index (χ0v) is 14.7. The number of anilines is 1. The van der Waals surface area contributed by atoms with Gasteiger partial charge in [-0.15, -0.1) is 0 Å². The van der Waals surface area contributed by atoms with Gasteiger partial charge >= 0.3 is 0 Å². The largest absolute Gasteiger partial charge is 0.507 e. The van der Waals surface area contributed by atoms with Gasteiger partial charge in [0.25, 0.3) is 5.91 Å². The number of fused-ring (bicyclic) bond motifs is 1. The minimum atomic E-state index is -0.565. The molecule has 0 unspecified atom stereocenters. The fourth-order valence-electron chi connectivity index (χ4n) is 2.66. The molecule has 0 aliphatic carbocycles. The molecule has 3 aromatic carbocycles. The second-order valence-corrected chi connectivity index (χ2v) is 6.16. The Balaban J connectivity index is 2.02. The fourth-order valence-corrected chi connectivity index (χ4v) is 2.84. The van der Waals surface area contributed by atoms with Crippen LogP contribution in [0.5, 0.6) is 5.75 Å². The molecular formula is C21H15ClN2O2. The number of nitriles is 1. The van der Waals surface area contributed by atoms with E-state index in [1.807, 2.05) is 30.3 Å². The van der Waals surface area contributed by atoms with Crippen LogP contribution in [0.1, 0.15) is 11.1 Å². The Kier molecular flexibility index (Phi) is 4.92. The highest BCUT2D eigenvalue weighted by molar-refractivity contribution is 6.31. The maximum atomic E-state index is 12.5. The number of carbonyl (C=O) groups excluding carboxylic acids is 1. The van der Waals surface area contributed by atoms with E-state index in [-0.39, 0.29) is 11.3 Å². The summed E-state index contributed by atoms with van der Waals surface area (Å²) in [6.07, 6.45) is 1.40. The standard InChI is InChI=1S/C21H15ClN2O2/c1-13-18(22)7-4-8-19(13)24-21(26)15(12-23)11-17-16-6-3-2-5-14(16)9-10-20(17)25/h2-11,25H,1H3,(H,24,26)/b15-11+. The Morgan fingerprint density at radius 3 is 2.69 bits per heavy atom. The third-order valence-corrected chi connectivity index (χ3v) is 4.53. The molecule has 128 valence electrons. The van der Waals surface area contributed by atoms with Crippen LogP contribution < -0.4 is 5.32 Å². The van der Waals surface area contributed by atoms with E-state index >= 15 is 0 Å². The normalized spacial score (nSPS) is 11.2. The van der Waals surface area contributed by atoms with E-state index in [0.717, 1.165) is 10.8 Å². The first-order chi connectivity index (χ1) is 12.5. The summed E-state index contributed by atoms with van der Waals surface area (Å²) in [5, 5.41) is 24.5. The van der Waals surface area contributed by atoms with E-state index in [1.54, 1.807) is 37.3 Å². The van der Waals surface area contributed by atoms with Crippen LogP contribution in [0, 0.1) is 18.3 Å². The van der Waals surface area contributed by atoms with Crippen molar-refractivity contribution in [3.8, 4) is 11.8 Å². The van der Waals surface area contributed by atoms with Gasteiger partial charge in [0, 0.05) is 16.3 Å². The fraction of sp³-hybridized carbons (Fsp3) is 0.0476. The highest BCUT2D eigenvalue weighted by atomic mass is 35.5. The summed E-state index contributed by atoms with van der Waals surface area (Å²) in [6.45, 7) is 1.78. The van der Waals surface area contributed by atoms with Gasteiger partial charge < -0.3 is 10.4 Å². The number of nitrogens with zero attached hydrogens (tertiary/aromatic N) is 1. The number of phenolic OH excluding ortho intramolecular Hbond substituents is 1. The molecule has 3 aromatic rings. The number of aromatic hydroxyl groups is 1. The van der Waals surface area contributed by atoms with Gasteiger partial charge in [0.05, 0.1) is 0 Å². The second kappa shape index (κ2) is 7.30. The first-order valence-electron chi connectivity index (χ1n) is 7.90. The first kappa shape index (κ1) is 17.5. The molecule has 1 amide bonds. The van der Waals surface area contributed by atoms with Crippen molar-refractivity contribution in [3.05, 3.63) is 76.3 Å². The van der Waals surface area contributed by atoms with Crippen LogP contribution in [0.4, 0.5) is 5.69 Å². The third-order valence-electron chi connectivity index (χ3n) is 4.12. The molecule has 0 fully saturated rings. The van der Waals surface area contributed by atoms with Crippen LogP contribution in [0.15, 0.2) is 60.2 Å². The van der Waals surface area contributed by atoms with Gasteiger partial charge in [-0.05, 0) is 47.5 Å². The van der Waals surface area contributed by atoms with E-state index in [4.69, 9.17) is 11.6 Å². The molecule has 0 bridgehead atoms. The Labute approximate surface area is 156 Å². The summed E-state index contributed by atoms with van der Waals surface area (Å²) in [5.41, 5.74) is 1.56. The van der Waals surface area contributed by atoms with Gasteiger partial charge in [-0.2, -0.15) is 5.26 Å². The van der Waals surface area contributed by atoms with E-state index in [2.05, 4.69) is 5.32 Å². The zero-order chi connectivity index (χ0) is 18.7. The van der Waals surface area contributed by atoms with E-state index in [0.29, 0.717) is 21.8 Å². The summed E-state index contributed by atoms with van der Waals surface area (Å²) >= 11 is 6.06. The number of halogens is 1. The maximum Gasteiger partial charge on any atom is 0.266 e. The molecule has 0 heterocycles. The summed E-state index contributed by atoms with van der Waals surface area (Å²) < 4.78 is 0. The van der Waals surface area contributed by atoms with Crippen molar-refractivity contribution in [3.63, 3.8) is 0 Å². The molecule has 0 radical (unpaired) electrons. The van der Waals surface area contributed by atoms with Crippen LogP contribution in [-0.4, -0.2) is 11.0 Å². The van der Waals surface area contributed by atoms with Crippen molar-refractivity contribution in [1.82, 2.24) is 0 Å². The molecule has 3 rings (SSSR count). The van der Waals surface area contributed by atoms with Crippen LogP contribution in [0.25, 0.3) is 16.8 Å². The molecule has 0 saturated heterocycles. The first-order valence-corrected chi connectivity index (χ1v) is 8.28. The minimum Gasteiger partial charge on any atom is -0.507 e. The van der Waals surface area contributed by atoms with Gasteiger partial charge in [-0.3, -0.25) is 4.79 Å². The average molecular weight is 363 g/mol. The topological polar surface area (TPSA) is 73.1 Å². The maximum absolute atomic E-state index is 12.5. The van der Waals surface area contributed by atoms with E-state index in [9.17, 15) is 15.2 Å². The smallest absolute Gasteiger partial charge is 0.266 e. The van der Waals surface area contributed by atoms with Crippen LogP contribution in [-0.2, 0) is 4.79 Å². The van der Waals surface area contributed by atoms with Crippen molar-refractivity contribution in [2.45, 2.75) is 6.92 Å². The quantitative estimate of drug-likeness (QED) is 0.505. The zero-order valence-electron chi connectivity index (χ0n) is 14.0. The van der Waals surface area contributed by atoms with Gasteiger partial charge in [-0.1, -0.05) is 48.0 Å². The van der Waals surface area contributed by atoms with Gasteiger partial charge in [0.2, 0.25) is 0 Å². The minimum absolute atomic E-state index is 0.00295. The highest BCUT2D eigenvalue weighted by Crippen LogP contribution is 2.29. The van der Waals surface area contributed by atoms with Crippen molar-refractivity contribution in [2.75, 3.05) is 5.32 Å². The van der Waals surface area contributed by atoms with Crippen LogP contribution in [0.3, 0.4) is 0 Å². The van der Waals surface area contributed by atoms with Crippen molar-refractivity contribution >= 4 is 40.0 Å². The van der Waals surface area contributed by atoms with Crippen LogP contribution in [0.2, 0.25) is 5.02 Å². The summed E-state index contributed by atoms with van der Waals surface area (Å²) in [7, 11) is 0. The Morgan fingerprint density at radius 2 is 1.92 bits per heavy atom. The van der Waals surface area contributed by atoms with E-state index in [1.165, 1.54) is 6.08 Å². The van der Waals surface area contributed by atoms with Crippen molar-refractivity contribution in [2.24, 2.45) is 0 Å². The number of phenols is 1. The second-order valence-electron chi connectivity index (χ2n) is 5.76. The number of carbonyl (C=O) groups is 1. The average Bonchev–Trinajstić information content (AvgIpc) is 2.64. The lowest BCUT2D eigenvalue weighted by molar-refractivity contribution is -0.112. The number of benzene rings is 3. The predicted molar refractivity (Wildman–Crippen MR) is 104 cm³/mol. The Hall–Kier alpha value is -3.29. The molecule has 5 heteroatoms. The van der Waals surface area contributed by atoms with Gasteiger partial charge in [-0.25, -0.2) is 0 Å². The van der Waals surface area contributed by atoms with Crippen molar-refractivity contribution < 1.29 is 9.90 Å². The molecule has 2 N–H and O–H groups in total. The van der Waals surface area contributed by atoms with Crippen molar-refractivity contribution in [1.29, 1.82) is 5.26 Å². The summed E-state index contributed by atoms with van der Waals surface area (Å²) in [4.78, 5) is 12.5. The molecule has 0 aromatic heterocycles. The summed E-state index contributed by atoms with van der Waals surface area (Å²) in [5.74, 6) is -0.562. The number of hydrogen-bond donors (Lipinski definition) is 2. The lowest BCUT2D eigenvalue weighted by Gasteiger charge is -2.10. The molecule has 26 heavy (non-hydrogen) atoms. The van der Waals surface area contributed by atoms with E-state index < -0.39 is 5.91 Å². The lowest BCUT2D eigenvalue weighted by Crippen LogP contribution is -2.14. The number of nitrogens with one attached hydrogen (secondary N) is 1. The predicted octanol–water partition coefficient (Wildman–Crippen LogP) is 5.05. The molecular weight excluding hydrogens is 348 g/mol. The molecule has 0 spiro atoms. The number of amides is 1. The van der Waals surface area contributed by atoms with Crippen LogP contribution >= 0.6 is 11.6 Å². The molecule has 4 nitrogen and oxygen atoms in total. The summed E-state index contributed by atoms with van der Waals surface area (Å²) in [6, 6.07) is 17.8. The molecule has 0 saturated carbocycles. The number of rotatable bonds is 3. The van der Waals surface area contributed by atoms with Gasteiger partial charge in [0.1, 0.15) is 17.4 Å². The molecule has 0 aliphatic rings. The number of hydrogen-bond acceptors (Lipinski definition) is 3. The molecule has 0 atom stereocenters. The monoisotopic (exact) mass is 362 g/mol. The third kappa shape index (κ3) is 3.39. The lowest BCUT2D eigenvalue weighted by atomic mass is 10.0.